The zero-order valence-electron chi connectivity index (χ0n) is 17.0. The van der Waals surface area contributed by atoms with Crippen LogP contribution in [0.2, 0.25) is 5.02 Å². The number of hydrogen-bond donors (Lipinski definition) is 2. The van der Waals surface area contributed by atoms with Gasteiger partial charge in [-0.15, -0.1) is 0 Å². The summed E-state index contributed by atoms with van der Waals surface area (Å²) in [5.41, 5.74) is 2.82. The number of hydrogen-bond acceptors (Lipinski definition) is 3. The number of aliphatic carboxylic acids is 1. The summed E-state index contributed by atoms with van der Waals surface area (Å²) in [5.74, 6) is -0.690. The van der Waals surface area contributed by atoms with Crippen molar-refractivity contribution in [3.63, 3.8) is 0 Å². The van der Waals surface area contributed by atoms with Gasteiger partial charge in [-0.1, -0.05) is 48.0 Å². The molecule has 160 valence electrons. The number of carboxylic acid groups (broad SMARTS) is 1. The molecule has 1 heterocycles. The van der Waals surface area contributed by atoms with Gasteiger partial charge in [0.2, 0.25) is 5.91 Å². The first-order chi connectivity index (χ1) is 14.4. The Kier molecular flexibility index (Phi) is 7.88. The molecule has 0 bridgehead atoms. The highest BCUT2D eigenvalue weighted by Crippen LogP contribution is 2.24. The first kappa shape index (κ1) is 22.3. The third kappa shape index (κ3) is 6.57. The van der Waals surface area contributed by atoms with E-state index in [-0.39, 0.29) is 18.4 Å². The molecule has 5 nitrogen and oxygen atoms in total. The van der Waals surface area contributed by atoms with Crippen molar-refractivity contribution in [1.82, 2.24) is 4.90 Å². The van der Waals surface area contributed by atoms with Crippen molar-refractivity contribution in [2.24, 2.45) is 0 Å². The van der Waals surface area contributed by atoms with E-state index >= 15 is 0 Å². The first-order valence-electron chi connectivity index (χ1n) is 10.4. The van der Waals surface area contributed by atoms with Crippen LogP contribution in [0, 0.1) is 0 Å². The summed E-state index contributed by atoms with van der Waals surface area (Å²) < 4.78 is 0. The molecule has 0 aromatic heterocycles. The molecule has 0 radical (unpaired) electrons. The van der Waals surface area contributed by atoms with Crippen LogP contribution in [-0.2, 0) is 28.9 Å². The second kappa shape index (κ2) is 10.6. The fraction of sp³-hybridized carbons (Fsp3) is 0.417. The van der Waals surface area contributed by atoms with Crippen LogP contribution in [-0.4, -0.2) is 45.7 Å². The van der Waals surface area contributed by atoms with E-state index in [0.29, 0.717) is 37.3 Å². The number of nitrogens with zero attached hydrogens (tertiary/aromatic N) is 1. The summed E-state index contributed by atoms with van der Waals surface area (Å²) in [6, 6.07) is 15.2. The highest BCUT2D eigenvalue weighted by molar-refractivity contribution is 6.30. The number of halogens is 1. The first-order valence-corrected chi connectivity index (χ1v) is 10.8. The molecule has 1 fully saturated rings. The second-order valence-corrected chi connectivity index (χ2v) is 8.42. The summed E-state index contributed by atoms with van der Waals surface area (Å²) >= 11 is 6.01. The topological polar surface area (TPSA) is 77.8 Å². The molecule has 2 aromatic carbocycles. The SMILES string of the molecule is O=C(O)Cc1cccc(CCN2C(=O)CC[C@@H]2CC[C@@H](O)Cc2cccc(Cl)c2)c1. The smallest absolute Gasteiger partial charge is 0.307 e. The summed E-state index contributed by atoms with van der Waals surface area (Å²) in [6.07, 6.45) is 3.56. The summed E-state index contributed by atoms with van der Waals surface area (Å²) in [6.45, 7) is 0.615. The third-order valence-corrected chi connectivity index (χ3v) is 5.87. The highest BCUT2D eigenvalue weighted by atomic mass is 35.5. The van der Waals surface area contributed by atoms with Crippen molar-refractivity contribution in [1.29, 1.82) is 0 Å². The Labute approximate surface area is 182 Å². The molecule has 1 aliphatic heterocycles. The standard InChI is InChI=1S/C24H28ClNO4/c25-20-6-2-5-19(14-20)15-22(27)9-7-21-8-10-23(28)26(21)12-11-17-3-1-4-18(13-17)16-24(29)30/h1-6,13-14,21-22,27H,7-12,15-16H2,(H,29,30)/t21-,22+/m0/s1. The Morgan fingerprint density at radius 1 is 1.13 bits per heavy atom. The summed E-state index contributed by atoms with van der Waals surface area (Å²) in [7, 11) is 0. The molecule has 2 N–H and O–H groups in total. The minimum absolute atomic E-state index is 0.00360. The number of carbonyl (C=O) groups is 2. The maximum absolute atomic E-state index is 12.4. The Morgan fingerprint density at radius 3 is 2.63 bits per heavy atom. The Hall–Kier alpha value is -2.37. The van der Waals surface area contributed by atoms with E-state index in [1.807, 2.05) is 53.4 Å². The van der Waals surface area contributed by atoms with Crippen LogP contribution in [0.15, 0.2) is 48.5 Å². The van der Waals surface area contributed by atoms with Crippen LogP contribution in [0.1, 0.15) is 42.4 Å². The van der Waals surface area contributed by atoms with E-state index in [4.69, 9.17) is 16.7 Å². The fourth-order valence-electron chi connectivity index (χ4n) is 4.14. The number of benzene rings is 2. The predicted molar refractivity (Wildman–Crippen MR) is 117 cm³/mol. The zero-order valence-corrected chi connectivity index (χ0v) is 17.7. The number of carboxylic acids is 1. The molecule has 2 atom stereocenters. The average Bonchev–Trinajstić information content (AvgIpc) is 3.04. The van der Waals surface area contributed by atoms with Gasteiger partial charge in [0.25, 0.3) is 0 Å². The fourth-order valence-corrected chi connectivity index (χ4v) is 4.36. The lowest BCUT2D eigenvalue weighted by atomic mass is 10.00. The van der Waals surface area contributed by atoms with Crippen LogP contribution >= 0.6 is 11.6 Å². The number of likely N-dealkylation sites (tertiary alicyclic amines) is 1. The molecule has 1 aliphatic rings. The molecule has 30 heavy (non-hydrogen) atoms. The van der Waals surface area contributed by atoms with Crippen molar-refractivity contribution in [3.05, 3.63) is 70.2 Å². The number of rotatable bonds is 10. The second-order valence-electron chi connectivity index (χ2n) is 7.99. The molecule has 2 aromatic rings. The van der Waals surface area contributed by atoms with E-state index < -0.39 is 12.1 Å². The normalized spacial score (nSPS) is 17.3. The van der Waals surface area contributed by atoms with Crippen LogP contribution < -0.4 is 0 Å². The van der Waals surface area contributed by atoms with Crippen LogP contribution in [0.4, 0.5) is 0 Å². The maximum atomic E-state index is 12.4. The average molecular weight is 430 g/mol. The molecule has 1 amide bonds. The molecular formula is C24H28ClNO4. The van der Waals surface area contributed by atoms with Crippen LogP contribution in [0.25, 0.3) is 0 Å². The largest absolute Gasteiger partial charge is 0.481 e. The van der Waals surface area contributed by atoms with E-state index in [2.05, 4.69) is 0 Å². The molecule has 6 heteroatoms. The Bertz CT molecular complexity index is 885. The van der Waals surface area contributed by atoms with Crippen molar-refractivity contribution in [2.45, 2.75) is 57.1 Å². The van der Waals surface area contributed by atoms with Gasteiger partial charge in [0.1, 0.15) is 0 Å². The predicted octanol–water partition coefficient (Wildman–Crippen LogP) is 3.88. The number of carbonyl (C=O) groups excluding carboxylic acids is 1. The van der Waals surface area contributed by atoms with Crippen molar-refractivity contribution in [2.75, 3.05) is 6.54 Å². The van der Waals surface area contributed by atoms with Gasteiger partial charge in [-0.25, -0.2) is 0 Å². The monoisotopic (exact) mass is 429 g/mol. The van der Waals surface area contributed by atoms with Gasteiger partial charge in [-0.2, -0.15) is 0 Å². The van der Waals surface area contributed by atoms with E-state index in [0.717, 1.165) is 29.5 Å². The lowest BCUT2D eigenvalue weighted by molar-refractivity contribution is -0.136. The van der Waals surface area contributed by atoms with E-state index in [1.54, 1.807) is 0 Å². The number of aliphatic hydroxyl groups excluding tert-OH is 1. The van der Waals surface area contributed by atoms with Gasteiger partial charge in [-0.3, -0.25) is 9.59 Å². The quantitative estimate of drug-likeness (QED) is 0.600. The maximum Gasteiger partial charge on any atom is 0.307 e. The molecule has 0 saturated carbocycles. The number of aliphatic hydroxyl groups is 1. The van der Waals surface area contributed by atoms with E-state index in [9.17, 15) is 14.7 Å². The number of amides is 1. The van der Waals surface area contributed by atoms with Gasteiger partial charge < -0.3 is 15.1 Å². The van der Waals surface area contributed by atoms with Gasteiger partial charge in [0.15, 0.2) is 0 Å². The van der Waals surface area contributed by atoms with Crippen molar-refractivity contribution < 1.29 is 19.8 Å². The minimum atomic E-state index is -0.849. The van der Waals surface area contributed by atoms with Gasteiger partial charge in [0.05, 0.1) is 12.5 Å². The molecular weight excluding hydrogens is 402 g/mol. The molecule has 1 saturated heterocycles. The molecule has 0 spiro atoms. The van der Waals surface area contributed by atoms with Gasteiger partial charge in [-0.05, 0) is 60.9 Å². The third-order valence-electron chi connectivity index (χ3n) is 5.63. The lowest BCUT2D eigenvalue weighted by Gasteiger charge is -2.26. The Balaban J connectivity index is 1.51. The Morgan fingerprint density at radius 2 is 1.87 bits per heavy atom. The minimum Gasteiger partial charge on any atom is -0.481 e. The highest BCUT2D eigenvalue weighted by Gasteiger charge is 2.30. The van der Waals surface area contributed by atoms with Crippen LogP contribution in [0.5, 0.6) is 0 Å². The molecule has 3 rings (SSSR count). The van der Waals surface area contributed by atoms with Crippen molar-refractivity contribution >= 4 is 23.5 Å². The van der Waals surface area contributed by atoms with Crippen molar-refractivity contribution in [3.8, 4) is 0 Å². The zero-order chi connectivity index (χ0) is 21.5. The van der Waals surface area contributed by atoms with Gasteiger partial charge in [0, 0.05) is 24.0 Å². The van der Waals surface area contributed by atoms with Crippen LogP contribution in [0.3, 0.4) is 0 Å². The molecule has 0 aliphatic carbocycles. The summed E-state index contributed by atoms with van der Waals surface area (Å²) in [4.78, 5) is 25.2. The lowest BCUT2D eigenvalue weighted by Crippen LogP contribution is -2.35. The van der Waals surface area contributed by atoms with E-state index in [1.165, 1.54) is 0 Å². The summed E-state index contributed by atoms with van der Waals surface area (Å²) in [5, 5.41) is 20.0. The van der Waals surface area contributed by atoms with Gasteiger partial charge >= 0.3 is 5.97 Å². The molecule has 0 unspecified atom stereocenters.